The highest BCUT2D eigenvalue weighted by molar-refractivity contribution is 9.10. The summed E-state index contributed by atoms with van der Waals surface area (Å²) in [4.78, 5) is 27.2. The van der Waals surface area contributed by atoms with E-state index < -0.39 is 10.9 Å². The number of nitro groups is 1. The Bertz CT molecular complexity index is 699. The molecule has 0 aromatic carbocycles. The number of thiophene rings is 1. The molecule has 0 saturated heterocycles. The standard InChI is InChI=1S/C12H9BrN2O4S/c1-6-3-9(20-11(6)12(16)19-2)10-8(15(17)18)4-7(13)5-14-10/h3-5H,1-2H3. The van der Waals surface area contributed by atoms with Crippen LogP contribution in [0, 0.1) is 17.0 Å². The molecule has 2 aromatic heterocycles. The van der Waals surface area contributed by atoms with Crippen LogP contribution in [0.2, 0.25) is 0 Å². The van der Waals surface area contributed by atoms with Gasteiger partial charge in [-0.1, -0.05) is 0 Å². The Morgan fingerprint density at radius 1 is 1.50 bits per heavy atom. The predicted molar refractivity (Wildman–Crippen MR) is 78.0 cm³/mol. The second-order valence-electron chi connectivity index (χ2n) is 3.89. The van der Waals surface area contributed by atoms with Crippen molar-refractivity contribution in [3.8, 4) is 10.6 Å². The Labute approximate surface area is 126 Å². The first-order valence-electron chi connectivity index (χ1n) is 5.43. The number of rotatable bonds is 3. The first-order valence-corrected chi connectivity index (χ1v) is 7.04. The minimum Gasteiger partial charge on any atom is -0.465 e. The topological polar surface area (TPSA) is 82.3 Å². The van der Waals surface area contributed by atoms with Crippen LogP contribution >= 0.6 is 27.3 Å². The van der Waals surface area contributed by atoms with Crippen molar-refractivity contribution in [1.82, 2.24) is 4.98 Å². The number of hydrogen-bond acceptors (Lipinski definition) is 6. The Morgan fingerprint density at radius 3 is 2.80 bits per heavy atom. The van der Waals surface area contributed by atoms with Gasteiger partial charge in [0, 0.05) is 16.7 Å². The molecule has 0 N–H and O–H groups in total. The highest BCUT2D eigenvalue weighted by Crippen LogP contribution is 2.36. The van der Waals surface area contributed by atoms with Crippen LogP contribution in [0.15, 0.2) is 22.8 Å². The van der Waals surface area contributed by atoms with Gasteiger partial charge in [-0.3, -0.25) is 10.1 Å². The first-order chi connectivity index (χ1) is 9.43. The molecule has 0 aliphatic heterocycles. The monoisotopic (exact) mass is 356 g/mol. The predicted octanol–water partition coefficient (Wildman–Crippen LogP) is 3.58. The molecule has 0 spiro atoms. The lowest BCUT2D eigenvalue weighted by Crippen LogP contribution is -1.99. The van der Waals surface area contributed by atoms with Crippen molar-refractivity contribution in [3.05, 3.63) is 43.4 Å². The number of aryl methyl sites for hydroxylation is 1. The molecule has 0 amide bonds. The van der Waals surface area contributed by atoms with E-state index in [4.69, 9.17) is 0 Å². The van der Waals surface area contributed by atoms with Gasteiger partial charge in [-0.15, -0.1) is 11.3 Å². The van der Waals surface area contributed by atoms with E-state index in [1.165, 1.54) is 19.4 Å². The van der Waals surface area contributed by atoms with Crippen LogP contribution in [0.3, 0.4) is 0 Å². The molecular weight excluding hydrogens is 348 g/mol. The van der Waals surface area contributed by atoms with Crippen molar-refractivity contribution < 1.29 is 14.5 Å². The van der Waals surface area contributed by atoms with Crippen molar-refractivity contribution >= 4 is 38.9 Å². The number of pyridine rings is 1. The largest absolute Gasteiger partial charge is 0.465 e. The van der Waals surface area contributed by atoms with Crippen LogP contribution in [0.5, 0.6) is 0 Å². The molecule has 0 radical (unpaired) electrons. The lowest BCUT2D eigenvalue weighted by atomic mass is 10.2. The van der Waals surface area contributed by atoms with Crippen LogP contribution in [-0.4, -0.2) is 23.0 Å². The minimum absolute atomic E-state index is 0.114. The molecule has 2 rings (SSSR count). The van der Waals surface area contributed by atoms with E-state index in [1.807, 2.05) is 0 Å². The molecule has 0 fully saturated rings. The Morgan fingerprint density at radius 2 is 2.20 bits per heavy atom. The van der Waals surface area contributed by atoms with Crippen LogP contribution in [0.1, 0.15) is 15.2 Å². The highest BCUT2D eigenvalue weighted by atomic mass is 79.9. The SMILES string of the molecule is COC(=O)c1sc(-c2ncc(Br)cc2[N+](=O)[O-])cc1C. The van der Waals surface area contributed by atoms with E-state index >= 15 is 0 Å². The van der Waals surface area contributed by atoms with E-state index in [0.29, 0.717) is 19.8 Å². The summed E-state index contributed by atoms with van der Waals surface area (Å²) in [6.07, 6.45) is 1.48. The lowest BCUT2D eigenvalue weighted by molar-refractivity contribution is -0.384. The molecule has 20 heavy (non-hydrogen) atoms. The number of aromatic nitrogens is 1. The Kier molecular flexibility index (Phi) is 4.15. The van der Waals surface area contributed by atoms with Crippen molar-refractivity contribution in [2.45, 2.75) is 6.92 Å². The number of esters is 1. The number of carbonyl (C=O) groups is 1. The maximum Gasteiger partial charge on any atom is 0.348 e. The van der Waals surface area contributed by atoms with E-state index in [-0.39, 0.29) is 11.4 Å². The molecule has 104 valence electrons. The number of methoxy groups -OCH3 is 1. The molecule has 0 atom stereocenters. The maximum absolute atomic E-state index is 11.6. The average molecular weight is 357 g/mol. The molecule has 8 heteroatoms. The summed E-state index contributed by atoms with van der Waals surface area (Å²) in [6, 6.07) is 3.08. The van der Waals surface area contributed by atoms with Gasteiger partial charge in [-0.25, -0.2) is 9.78 Å². The third-order valence-corrected chi connectivity index (χ3v) is 4.21. The van der Waals surface area contributed by atoms with Crippen LogP contribution in [0.4, 0.5) is 5.69 Å². The molecule has 0 unspecified atom stereocenters. The molecule has 2 aromatic rings. The van der Waals surface area contributed by atoms with Gasteiger partial charge in [0.05, 0.1) is 16.9 Å². The van der Waals surface area contributed by atoms with Crippen LogP contribution in [0.25, 0.3) is 10.6 Å². The molecule has 6 nitrogen and oxygen atoms in total. The van der Waals surface area contributed by atoms with Gasteiger partial charge in [0.25, 0.3) is 5.69 Å². The summed E-state index contributed by atoms with van der Waals surface area (Å²) >= 11 is 4.28. The van der Waals surface area contributed by atoms with Gasteiger partial charge in [0.2, 0.25) is 0 Å². The first kappa shape index (κ1) is 14.6. The molecule has 0 saturated carbocycles. The van der Waals surface area contributed by atoms with Gasteiger partial charge in [-0.2, -0.15) is 0 Å². The fraction of sp³-hybridized carbons (Fsp3) is 0.167. The zero-order chi connectivity index (χ0) is 14.9. The van der Waals surface area contributed by atoms with Crippen molar-refractivity contribution in [3.63, 3.8) is 0 Å². The summed E-state index contributed by atoms with van der Waals surface area (Å²) in [6.45, 7) is 1.75. The Hall–Kier alpha value is -1.80. The summed E-state index contributed by atoms with van der Waals surface area (Å²) in [5.41, 5.74) is 0.828. The summed E-state index contributed by atoms with van der Waals surface area (Å²) in [5.74, 6) is -0.460. The lowest BCUT2D eigenvalue weighted by Gasteiger charge is -1.99. The van der Waals surface area contributed by atoms with Gasteiger partial charge < -0.3 is 4.74 Å². The summed E-state index contributed by atoms with van der Waals surface area (Å²) in [5, 5.41) is 11.1. The Balaban J connectivity index is 2.58. The molecule has 0 bridgehead atoms. The minimum atomic E-state index is -0.500. The number of halogens is 1. The fourth-order valence-electron chi connectivity index (χ4n) is 1.65. The van der Waals surface area contributed by atoms with Gasteiger partial charge >= 0.3 is 5.97 Å². The average Bonchev–Trinajstić information content (AvgIpc) is 2.79. The number of ether oxygens (including phenoxy) is 1. The third kappa shape index (κ3) is 2.70. The highest BCUT2D eigenvalue weighted by Gasteiger charge is 2.22. The van der Waals surface area contributed by atoms with Gasteiger partial charge in [0.1, 0.15) is 4.88 Å². The van der Waals surface area contributed by atoms with Crippen molar-refractivity contribution in [2.75, 3.05) is 7.11 Å². The zero-order valence-corrected chi connectivity index (χ0v) is 12.9. The summed E-state index contributed by atoms with van der Waals surface area (Å²) < 4.78 is 5.20. The number of hydrogen-bond donors (Lipinski definition) is 0. The van der Waals surface area contributed by atoms with Crippen molar-refractivity contribution in [2.24, 2.45) is 0 Å². The number of carbonyl (C=O) groups excluding carboxylic acids is 1. The normalized spacial score (nSPS) is 10.3. The third-order valence-electron chi connectivity index (χ3n) is 2.55. The van der Waals surface area contributed by atoms with Gasteiger partial charge in [0.15, 0.2) is 5.69 Å². The van der Waals surface area contributed by atoms with Crippen molar-refractivity contribution in [1.29, 1.82) is 0 Å². The maximum atomic E-state index is 11.6. The second kappa shape index (κ2) is 5.68. The van der Waals surface area contributed by atoms with Gasteiger partial charge in [-0.05, 0) is 34.5 Å². The zero-order valence-electron chi connectivity index (χ0n) is 10.5. The van der Waals surface area contributed by atoms with Crippen LogP contribution < -0.4 is 0 Å². The molecule has 0 aliphatic rings. The second-order valence-corrected chi connectivity index (χ2v) is 5.86. The van der Waals surface area contributed by atoms with E-state index in [0.717, 1.165) is 11.3 Å². The molecular formula is C12H9BrN2O4S. The smallest absolute Gasteiger partial charge is 0.348 e. The fourth-order valence-corrected chi connectivity index (χ4v) is 3.07. The molecule has 0 aliphatic carbocycles. The molecule has 2 heterocycles. The van der Waals surface area contributed by atoms with E-state index in [9.17, 15) is 14.9 Å². The number of nitrogens with zero attached hydrogens (tertiary/aromatic N) is 2. The van der Waals surface area contributed by atoms with E-state index in [1.54, 1.807) is 13.0 Å². The van der Waals surface area contributed by atoms with Crippen LogP contribution in [-0.2, 0) is 4.74 Å². The quantitative estimate of drug-likeness (QED) is 0.476. The summed E-state index contributed by atoms with van der Waals surface area (Å²) in [7, 11) is 1.29. The van der Waals surface area contributed by atoms with E-state index in [2.05, 4.69) is 25.7 Å².